The van der Waals surface area contributed by atoms with E-state index in [0.717, 1.165) is 34.9 Å². The van der Waals surface area contributed by atoms with Crippen LogP contribution in [0.4, 0.5) is 5.69 Å². The van der Waals surface area contributed by atoms with Crippen LogP contribution >= 0.6 is 11.8 Å². The van der Waals surface area contributed by atoms with Crippen molar-refractivity contribution in [1.29, 1.82) is 0 Å². The van der Waals surface area contributed by atoms with E-state index in [9.17, 15) is 10.1 Å². The van der Waals surface area contributed by atoms with Crippen LogP contribution in [0.25, 0.3) is 11.0 Å². The molecule has 0 radical (unpaired) electrons. The summed E-state index contributed by atoms with van der Waals surface area (Å²) < 4.78 is 5.93. The Labute approximate surface area is 144 Å². The van der Waals surface area contributed by atoms with Gasteiger partial charge in [-0.25, -0.2) is 0 Å². The SMILES string of the molecule is CCNCCSC1=Cc2ccccc2Oc2c1cccc2[N+](=O)[O-]. The van der Waals surface area contributed by atoms with E-state index in [4.69, 9.17) is 4.74 Å². The molecule has 124 valence electrons. The molecule has 2 aromatic rings. The number of nitro groups is 1. The molecule has 1 heterocycles. The molecule has 0 fully saturated rings. The first-order valence-corrected chi connectivity index (χ1v) is 8.79. The summed E-state index contributed by atoms with van der Waals surface area (Å²) in [6.07, 6.45) is 2.04. The Hall–Kier alpha value is -2.31. The maximum absolute atomic E-state index is 11.4. The van der Waals surface area contributed by atoms with Crippen LogP contribution in [0.3, 0.4) is 0 Å². The second-order valence-corrected chi connectivity index (χ2v) is 6.40. The second kappa shape index (κ2) is 7.51. The first kappa shape index (κ1) is 16.5. The number of nitrogens with zero attached hydrogens (tertiary/aromatic N) is 1. The minimum absolute atomic E-state index is 0.0117. The van der Waals surface area contributed by atoms with Gasteiger partial charge in [-0.2, -0.15) is 0 Å². The molecule has 0 saturated carbocycles. The largest absolute Gasteiger partial charge is 0.449 e. The van der Waals surface area contributed by atoms with Crippen molar-refractivity contribution < 1.29 is 9.66 Å². The Morgan fingerprint density at radius 2 is 2.04 bits per heavy atom. The van der Waals surface area contributed by atoms with Gasteiger partial charge in [-0.15, -0.1) is 11.8 Å². The molecule has 5 nitrogen and oxygen atoms in total. The van der Waals surface area contributed by atoms with E-state index in [-0.39, 0.29) is 5.69 Å². The summed E-state index contributed by atoms with van der Waals surface area (Å²) in [5.74, 6) is 1.83. The third-order valence-electron chi connectivity index (χ3n) is 3.66. The first-order chi connectivity index (χ1) is 11.7. The third-order valence-corrected chi connectivity index (χ3v) is 4.72. The van der Waals surface area contributed by atoms with Crippen molar-refractivity contribution in [1.82, 2.24) is 5.32 Å². The highest BCUT2D eigenvalue weighted by Crippen LogP contribution is 2.46. The van der Waals surface area contributed by atoms with E-state index in [1.807, 2.05) is 36.4 Å². The van der Waals surface area contributed by atoms with Crippen molar-refractivity contribution in [2.75, 3.05) is 18.8 Å². The average Bonchev–Trinajstić information content (AvgIpc) is 2.74. The van der Waals surface area contributed by atoms with E-state index in [0.29, 0.717) is 11.5 Å². The fraction of sp³-hybridized carbons (Fsp3) is 0.222. The summed E-state index contributed by atoms with van der Waals surface area (Å²) in [6, 6.07) is 12.6. The number of hydrogen-bond acceptors (Lipinski definition) is 5. The molecule has 0 bridgehead atoms. The molecule has 0 amide bonds. The molecule has 0 aliphatic carbocycles. The van der Waals surface area contributed by atoms with Crippen LogP contribution in [0.5, 0.6) is 11.5 Å². The van der Waals surface area contributed by atoms with Crippen LogP contribution in [-0.2, 0) is 0 Å². The van der Waals surface area contributed by atoms with Crippen LogP contribution in [0.2, 0.25) is 0 Å². The van der Waals surface area contributed by atoms with E-state index in [1.54, 1.807) is 17.8 Å². The van der Waals surface area contributed by atoms with Crippen molar-refractivity contribution in [3.63, 3.8) is 0 Å². The highest BCUT2D eigenvalue weighted by Gasteiger charge is 2.25. The van der Waals surface area contributed by atoms with Crippen LogP contribution in [-0.4, -0.2) is 23.8 Å². The number of fused-ring (bicyclic) bond motifs is 2. The molecule has 1 aliphatic heterocycles. The van der Waals surface area contributed by atoms with Gasteiger partial charge in [0, 0.05) is 34.4 Å². The molecule has 6 heteroatoms. The van der Waals surface area contributed by atoms with Gasteiger partial charge in [0.2, 0.25) is 5.75 Å². The standard InChI is InChI=1S/C18H18N2O3S/c1-2-19-10-11-24-17-12-13-6-3-4-9-16(13)23-18-14(17)7-5-8-15(18)20(21)22/h3-9,12,19H,2,10-11H2,1H3. The fourth-order valence-corrected chi connectivity index (χ4v) is 3.51. The number of nitrogens with one attached hydrogen (secondary N) is 1. The topological polar surface area (TPSA) is 64.4 Å². The lowest BCUT2D eigenvalue weighted by Crippen LogP contribution is -2.15. The van der Waals surface area contributed by atoms with Crippen molar-refractivity contribution >= 4 is 28.4 Å². The maximum atomic E-state index is 11.4. The molecule has 0 aromatic heterocycles. The number of para-hydroxylation sites is 2. The van der Waals surface area contributed by atoms with Gasteiger partial charge in [0.05, 0.1) is 4.92 Å². The van der Waals surface area contributed by atoms with Crippen molar-refractivity contribution in [2.45, 2.75) is 6.92 Å². The Balaban J connectivity index is 2.05. The van der Waals surface area contributed by atoms with E-state index in [2.05, 4.69) is 12.2 Å². The van der Waals surface area contributed by atoms with Crippen molar-refractivity contribution in [3.05, 3.63) is 63.7 Å². The molecular weight excluding hydrogens is 324 g/mol. The molecule has 1 aliphatic rings. The van der Waals surface area contributed by atoms with Gasteiger partial charge in [-0.05, 0) is 24.8 Å². The predicted molar refractivity (Wildman–Crippen MR) is 98.5 cm³/mol. The Kier molecular flexibility index (Phi) is 5.17. The molecule has 1 N–H and O–H groups in total. The summed E-state index contributed by atoms with van der Waals surface area (Å²) in [7, 11) is 0. The van der Waals surface area contributed by atoms with Gasteiger partial charge >= 0.3 is 5.69 Å². The van der Waals surface area contributed by atoms with Crippen LogP contribution < -0.4 is 10.1 Å². The van der Waals surface area contributed by atoms with Gasteiger partial charge in [-0.1, -0.05) is 31.2 Å². The second-order valence-electron chi connectivity index (χ2n) is 5.26. The van der Waals surface area contributed by atoms with Gasteiger partial charge in [0.15, 0.2) is 0 Å². The lowest BCUT2D eigenvalue weighted by molar-refractivity contribution is -0.385. The summed E-state index contributed by atoms with van der Waals surface area (Å²) >= 11 is 1.67. The smallest absolute Gasteiger partial charge is 0.312 e. The lowest BCUT2D eigenvalue weighted by Gasteiger charge is -2.11. The quantitative estimate of drug-likeness (QED) is 0.474. The van der Waals surface area contributed by atoms with Crippen molar-refractivity contribution in [2.24, 2.45) is 0 Å². The minimum atomic E-state index is -0.395. The molecule has 0 unspecified atom stereocenters. The lowest BCUT2D eigenvalue weighted by atomic mass is 10.1. The third kappa shape index (κ3) is 3.44. The predicted octanol–water partition coefficient (Wildman–Crippen LogP) is 4.54. The van der Waals surface area contributed by atoms with E-state index < -0.39 is 4.92 Å². The minimum Gasteiger partial charge on any atom is -0.449 e. The highest BCUT2D eigenvalue weighted by atomic mass is 32.2. The number of benzene rings is 2. The summed E-state index contributed by atoms with van der Waals surface area (Å²) in [4.78, 5) is 12.0. The summed E-state index contributed by atoms with van der Waals surface area (Å²) in [5.41, 5.74) is 1.68. The van der Waals surface area contributed by atoms with Crippen LogP contribution in [0.15, 0.2) is 42.5 Å². The Bertz CT molecular complexity index is 790. The molecular formula is C18H18N2O3S. The number of nitro benzene ring substituents is 1. The molecule has 2 aromatic carbocycles. The normalized spacial score (nSPS) is 12.5. The number of thioether (sulfide) groups is 1. The van der Waals surface area contributed by atoms with E-state index >= 15 is 0 Å². The highest BCUT2D eigenvalue weighted by molar-refractivity contribution is 8.08. The summed E-state index contributed by atoms with van der Waals surface area (Å²) in [5, 5.41) is 14.7. The molecule has 0 atom stereocenters. The van der Waals surface area contributed by atoms with Crippen molar-refractivity contribution in [3.8, 4) is 11.5 Å². The fourth-order valence-electron chi connectivity index (χ4n) is 2.52. The maximum Gasteiger partial charge on any atom is 0.312 e. The number of rotatable bonds is 6. The molecule has 0 spiro atoms. The summed E-state index contributed by atoms with van der Waals surface area (Å²) in [6.45, 7) is 3.87. The zero-order valence-electron chi connectivity index (χ0n) is 13.3. The Morgan fingerprint density at radius 1 is 1.21 bits per heavy atom. The molecule has 24 heavy (non-hydrogen) atoms. The van der Waals surface area contributed by atoms with Gasteiger partial charge in [0.25, 0.3) is 0 Å². The number of ether oxygens (including phenoxy) is 1. The van der Waals surface area contributed by atoms with Gasteiger partial charge < -0.3 is 10.1 Å². The number of hydrogen-bond donors (Lipinski definition) is 1. The van der Waals surface area contributed by atoms with Crippen LogP contribution in [0, 0.1) is 10.1 Å². The first-order valence-electron chi connectivity index (χ1n) is 7.80. The van der Waals surface area contributed by atoms with Gasteiger partial charge in [0.1, 0.15) is 5.75 Å². The van der Waals surface area contributed by atoms with Gasteiger partial charge in [-0.3, -0.25) is 10.1 Å². The average molecular weight is 342 g/mol. The monoisotopic (exact) mass is 342 g/mol. The zero-order chi connectivity index (χ0) is 16.9. The van der Waals surface area contributed by atoms with Crippen LogP contribution in [0.1, 0.15) is 18.1 Å². The van der Waals surface area contributed by atoms with E-state index in [1.165, 1.54) is 6.07 Å². The molecule has 3 rings (SSSR count). The zero-order valence-corrected chi connectivity index (χ0v) is 14.1. The molecule has 0 saturated heterocycles. The Morgan fingerprint density at radius 3 is 2.83 bits per heavy atom.